The highest BCUT2D eigenvalue weighted by Crippen LogP contribution is 2.15. The third-order valence-corrected chi connectivity index (χ3v) is 3.34. The zero-order chi connectivity index (χ0) is 15.5. The third-order valence-electron chi connectivity index (χ3n) is 3.34. The summed E-state index contributed by atoms with van der Waals surface area (Å²) in [6.45, 7) is 1.51. The Balaban J connectivity index is 1.67. The smallest absolute Gasteiger partial charge is 0.228 e. The standard InChI is InChI=1S/C17H14N2O3/c1-11(20)13-3-5-14(6-4-13)19-17(21)9-12-2-7-15-16(8-12)22-10-18-15/h2-8,10H,9H2,1H3,(H,19,21). The summed E-state index contributed by atoms with van der Waals surface area (Å²) < 4.78 is 5.22. The quantitative estimate of drug-likeness (QED) is 0.750. The van der Waals surface area contributed by atoms with E-state index in [1.54, 1.807) is 30.3 Å². The van der Waals surface area contributed by atoms with Gasteiger partial charge in [-0.1, -0.05) is 6.07 Å². The maximum absolute atomic E-state index is 12.1. The van der Waals surface area contributed by atoms with Crippen molar-refractivity contribution in [1.82, 2.24) is 4.98 Å². The maximum atomic E-state index is 12.1. The molecule has 0 aliphatic carbocycles. The Kier molecular flexibility index (Phi) is 3.70. The first-order valence-electron chi connectivity index (χ1n) is 6.85. The van der Waals surface area contributed by atoms with Gasteiger partial charge in [0.05, 0.1) is 6.42 Å². The van der Waals surface area contributed by atoms with Crippen LogP contribution < -0.4 is 5.32 Å². The molecule has 0 aliphatic heterocycles. The lowest BCUT2D eigenvalue weighted by Crippen LogP contribution is -2.14. The van der Waals surface area contributed by atoms with Gasteiger partial charge in [-0.2, -0.15) is 0 Å². The fourth-order valence-corrected chi connectivity index (χ4v) is 2.19. The Morgan fingerprint density at radius 3 is 2.64 bits per heavy atom. The van der Waals surface area contributed by atoms with Gasteiger partial charge in [-0.15, -0.1) is 0 Å². The molecule has 22 heavy (non-hydrogen) atoms. The number of oxazole rings is 1. The van der Waals surface area contributed by atoms with E-state index in [0.29, 0.717) is 16.8 Å². The maximum Gasteiger partial charge on any atom is 0.228 e. The first-order valence-corrected chi connectivity index (χ1v) is 6.85. The summed E-state index contributed by atoms with van der Waals surface area (Å²) in [5, 5.41) is 2.80. The van der Waals surface area contributed by atoms with Crippen LogP contribution in [0.5, 0.6) is 0 Å². The monoisotopic (exact) mass is 294 g/mol. The SMILES string of the molecule is CC(=O)c1ccc(NC(=O)Cc2ccc3ncoc3c2)cc1. The van der Waals surface area contributed by atoms with E-state index in [-0.39, 0.29) is 18.1 Å². The van der Waals surface area contributed by atoms with Crippen molar-refractivity contribution in [2.45, 2.75) is 13.3 Å². The molecule has 110 valence electrons. The van der Waals surface area contributed by atoms with Crippen LogP contribution in [0.15, 0.2) is 53.3 Å². The molecule has 0 unspecified atom stereocenters. The number of amides is 1. The average Bonchev–Trinajstić information content (AvgIpc) is 2.95. The lowest BCUT2D eigenvalue weighted by Gasteiger charge is -2.06. The van der Waals surface area contributed by atoms with Crippen LogP contribution in [0.25, 0.3) is 11.1 Å². The number of nitrogens with zero attached hydrogens (tertiary/aromatic N) is 1. The van der Waals surface area contributed by atoms with E-state index >= 15 is 0 Å². The normalized spacial score (nSPS) is 10.6. The molecular weight excluding hydrogens is 280 g/mol. The predicted molar refractivity (Wildman–Crippen MR) is 82.8 cm³/mol. The number of anilines is 1. The molecule has 5 nitrogen and oxygen atoms in total. The van der Waals surface area contributed by atoms with E-state index < -0.39 is 0 Å². The first-order chi connectivity index (χ1) is 10.6. The number of aromatic nitrogens is 1. The van der Waals surface area contributed by atoms with E-state index in [4.69, 9.17) is 4.42 Å². The second-order valence-corrected chi connectivity index (χ2v) is 5.01. The highest BCUT2D eigenvalue weighted by molar-refractivity contribution is 5.96. The number of Topliss-reactive ketones (excluding diaryl/α,β-unsaturated/α-hetero) is 1. The summed E-state index contributed by atoms with van der Waals surface area (Å²) in [5.41, 5.74) is 3.56. The molecule has 1 N–H and O–H groups in total. The molecule has 1 heterocycles. The fraction of sp³-hybridized carbons (Fsp3) is 0.118. The minimum Gasteiger partial charge on any atom is -0.443 e. The topological polar surface area (TPSA) is 72.2 Å². The molecule has 0 radical (unpaired) electrons. The number of carbonyl (C=O) groups is 2. The van der Waals surface area contributed by atoms with Crippen molar-refractivity contribution in [3.63, 3.8) is 0 Å². The summed E-state index contributed by atoms with van der Waals surface area (Å²) in [5.74, 6) is -0.132. The fourth-order valence-electron chi connectivity index (χ4n) is 2.19. The van der Waals surface area contributed by atoms with Gasteiger partial charge in [-0.25, -0.2) is 4.98 Å². The minimum absolute atomic E-state index is 0.00163. The van der Waals surface area contributed by atoms with E-state index in [1.807, 2.05) is 12.1 Å². The van der Waals surface area contributed by atoms with Gasteiger partial charge >= 0.3 is 0 Å². The number of ketones is 1. The number of hydrogen-bond donors (Lipinski definition) is 1. The summed E-state index contributed by atoms with van der Waals surface area (Å²) in [6.07, 6.45) is 1.62. The summed E-state index contributed by atoms with van der Waals surface area (Å²) in [6, 6.07) is 12.3. The highest BCUT2D eigenvalue weighted by Gasteiger charge is 2.07. The van der Waals surface area contributed by atoms with Gasteiger partial charge in [-0.3, -0.25) is 9.59 Å². The molecule has 3 rings (SSSR count). The summed E-state index contributed by atoms with van der Waals surface area (Å²) in [7, 11) is 0. The zero-order valence-electron chi connectivity index (χ0n) is 12.0. The van der Waals surface area contributed by atoms with Crippen LogP contribution in [0.1, 0.15) is 22.8 Å². The molecule has 0 fully saturated rings. The lowest BCUT2D eigenvalue weighted by atomic mass is 10.1. The summed E-state index contributed by atoms with van der Waals surface area (Å²) >= 11 is 0. The van der Waals surface area contributed by atoms with E-state index in [1.165, 1.54) is 13.3 Å². The molecule has 0 aliphatic rings. The number of fused-ring (bicyclic) bond motifs is 1. The molecule has 3 aromatic rings. The van der Waals surface area contributed by atoms with Crippen molar-refractivity contribution in [1.29, 1.82) is 0 Å². The van der Waals surface area contributed by atoms with Crippen LogP contribution in [-0.2, 0) is 11.2 Å². The Labute approximate surface area is 127 Å². The molecule has 0 bridgehead atoms. The van der Waals surface area contributed by atoms with Crippen molar-refractivity contribution in [3.8, 4) is 0 Å². The number of benzene rings is 2. The van der Waals surface area contributed by atoms with Crippen molar-refractivity contribution >= 4 is 28.5 Å². The molecule has 0 saturated heterocycles. The Hall–Kier alpha value is -2.95. The number of rotatable bonds is 4. The second kappa shape index (κ2) is 5.81. The number of nitrogens with one attached hydrogen (secondary N) is 1. The van der Waals surface area contributed by atoms with Crippen LogP contribution in [0.4, 0.5) is 5.69 Å². The number of carbonyl (C=O) groups excluding carboxylic acids is 2. The predicted octanol–water partition coefficient (Wildman–Crippen LogP) is 3.21. The molecule has 0 spiro atoms. The van der Waals surface area contributed by atoms with Gasteiger partial charge in [0.1, 0.15) is 5.52 Å². The van der Waals surface area contributed by atoms with Gasteiger partial charge < -0.3 is 9.73 Å². The Morgan fingerprint density at radius 1 is 1.14 bits per heavy atom. The molecule has 1 aromatic heterocycles. The Bertz CT molecular complexity index is 834. The van der Waals surface area contributed by atoms with Crippen LogP contribution >= 0.6 is 0 Å². The van der Waals surface area contributed by atoms with E-state index in [2.05, 4.69) is 10.3 Å². The molecular formula is C17H14N2O3. The second-order valence-electron chi connectivity index (χ2n) is 5.01. The third kappa shape index (κ3) is 3.03. The number of hydrogen-bond acceptors (Lipinski definition) is 4. The first kappa shape index (κ1) is 14.0. The minimum atomic E-state index is -0.130. The van der Waals surface area contributed by atoms with Crippen molar-refractivity contribution < 1.29 is 14.0 Å². The van der Waals surface area contributed by atoms with Crippen LogP contribution in [-0.4, -0.2) is 16.7 Å². The molecule has 0 atom stereocenters. The van der Waals surface area contributed by atoms with Gasteiger partial charge in [-0.05, 0) is 48.9 Å². The van der Waals surface area contributed by atoms with Crippen LogP contribution in [0.3, 0.4) is 0 Å². The molecule has 0 saturated carbocycles. The van der Waals surface area contributed by atoms with Crippen molar-refractivity contribution in [2.75, 3.05) is 5.32 Å². The average molecular weight is 294 g/mol. The van der Waals surface area contributed by atoms with E-state index in [9.17, 15) is 9.59 Å². The van der Waals surface area contributed by atoms with Gasteiger partial charge in [0.25, 0.3) is 0 Å². The largest absolute Gasteiger partial charge is 0.443 e. The summed E-state index contributed by atoms with van der Waals surface area (Å²) in [4.78, 5) is 27.3. The van der Waals surface area contributed by atoms with Crippen molar-refractivity contribution in [2.24, 2.45) is 0 Å². The lowest BCUT2D eigenvalue weighted by molar-refractivity contribution is -0.115. The van der Waals surface area contributed by atoms with Crippen LogP contribution in [0.2, 0.25) is 0 Å². The van der Waals surface area contributed by atoms with Gasteiger partial charge in [0.15, 0.2) is 17.8 Å². The Morgan fingerprint density at radius 2 is 1.91 bits per heavy atom. The van der Waals surface area contributed by atoms with Gasteiger partial charge in [0.2, 0.25) is 5.91 Å². The molecule has 2 aromatic carbocycles. The molecule has 1 amide bonds. The van der Waals surface area contributed by atoms with E-state index in [0.717, 1.165) is 11.1 Å². The van der Waals surface area contributed by atoms with Crippen molar-refractivity contribution in [3.05, 3.63) is 60.0 Å². The highest BCUT2D eigenvalue weighted by atomic mass is 16.3. The van der Waals surface area contributed by atoms with Gasteiger partial charge in [0, 0.05) is 11.3 Å². The molecule has 5 heteroatoms. The zero-order valence-corrected chi connectivity index (χ0v) is 12.0. The van der Waals surface area contributed by atoms with Crippen LogP contribution in [0, 0.1) is 0 Å².